The number of H-pyrrole nitrogens is 1. The lowest BCUT2D eigenvalue weighted by Gasteiger charge is -2.32. The number of piperidine rings is 1. The lowest BCUT2D eigenvalue weighted by atomic mass is 9.97. The van der Waals surface area contributed by atoms with Crippen molar-refractivity contribution in [3.05, 3.63) is 64.5 Å². The summed E-state index contributed by atoms with van der Waals surface area (Å²) in [5.41, 5.74) is 1.06. The largest absolute Gasteiger partial charge is 0.492 e. The molecule has 8 heteroatoms. The summed E-state index contributed by atoms with van der Waals surface area (Å²) in [5, 5.41) is 3.18. The number of rotatable bonds is 7. The van der Waals surface area contributed by atoms with Gasteiger partial charge in [-0.05, 0) is 50.1 Å². The molecule has 2 aromatic heterocycles. The van der Waals surface area contributed by atoms with E-state index in [0.29, 0.717) is 23.4 Å². The van der Waals surface area contributed by atoms with Crippen molar-refractivity contribution in [1.82, 2.24) is 25.2 Å². The maximum atomic E-state index is 12.4. The van der Waals surface area contributed by atoms with Gasteiger partial charge in [-0.15, -0.1) is 0 Å². The Bertz CT molecular complexity index is 1100. The average molecular weight is 422 g/mol. The van der Waals surface area contributed by atoms with Gasteiger partial charge in [0.2, 0.25) is 0 Å². The summed E-state index contributed by atoms with van der Waals surface area (Å²) in [6.07, 6.45) is 4.55. The standard InChI is InChI=1S/C23H27N5O3/c1-24-23(30)20-10-9-17(14-25-20)31-13-5-12-28-11-4-6-16(15-28)21-26-19-8-3-2-7-18(19)22(29)27-21/h2-3,7-10,14,16H,4-6,11-13,15H2,1H3,(H,24,30)(H,26,27,29). The SMILES string of the molecule is CNC(=O)c1ccc(OCCCN2CCCC(c3nc4ccccc4c(=O)[nH]3)C2)cn1. The van der Waals surface area contributed by atoms with Crippen LogP contribution in [-0.2, 0) is 0 Å². The van der Waals surface area contributed by atoms with Crippen LogP contribution in [0.3, 0.4) is 0 Å². The van der Waals surface area contributed by atoms with Gasteiger partial charge in [0.05, 0.1) is 23.7 Å². The van der Waals surface area contributed by atoms with Gasteiger partial charge in [0.1, 0.15) is 17.3 Å². The number of hydrogen-bond acceptors (Lipinski definition) is 6. The van der Waals surface area contributed by atoms with E-state index < -0.39 is 0 Å². The third-order valence-electron chi connectivity index (χ3n) is 5.61. The fourth-order valence-corrected chi connectivity index (χ4v) is 3.99. The Labute approximate surface area is 180 Å². The van der Waals surface area contributed by atoms with Gasteiger partial charge in [0, 0.05) is 26.1 Å². The van der Waals surface area contributed by atoms with Crippen LogP contribution in [0.4, 0.5) is 0 Å². The average Bonchev–Trinajstić information content (AvgIpc) is 2.82. The number of aromatic nitrogens is 3. The molecular weight excluding hydrogens is 394 g/mol. The summed E-state index contributed by atoms with van der Waals surface area (Å²) in [6.45, 7) is 3.41. The highest BCUT2D eigenvalue weighted by Crippen LogP contribution is 2.25. The Balaban J connectivity index is 1.29. The van der Waals surface area contributed by atoms with Gasteiger partial charge in [-0.1, -0.05) is 12.1 Å². The molecule has 0 bridgehead atoms. The highest BCUT2D eigenvalue weighted by Gasteiger charge is 2.23. The molecule has 1 atom stereocenters. The first kappa shape index (κ1) is 21.0. The summed E-state index contributed by atoms with van der Waals surface area (Å²) >= 11 is 0. The van der Waals surface area contributed by atoms with Gasteiger partial charge < -0.3 is 19.9 Å². The molecule has 162 valence electrons. The molecule has 4 rings (SSSR count). The van der Waals surface area contributed by atoms with Crippen molar-refractivity contribution in [2.75, 3.05) is 33.3 Å². The lowest BCUT2D eigenvalue weighted by molar-refractivity contribution is 0.0958. The summed E-state index contributed by atoms with van der Waals surface area (Å²) in [5.74, 6) is 1.45. The molecule has 2 N–H and O–H groups in total. The Morgan fingerprint density at radius 1 is 1.29 bits per heavy atom. The van der Waals surface area contributed by atoms with E-state index in [-0.39, 0.29) is 17.4 Å². The molecule has 1 unspecified atom stereocenters. The zero-order valence-electron chi connectivity index (χ0n) is 17.6. The molecule has 1 aliphatic heterocycles. The minimum Gasteiger partial charge on any atom is -0.492 e. The van der Waals surface area contributed by atoms with Crippen LogP contribution < -0.4 is 15.6 Å². The van der Waals surface area contributed by atoms with Crippen LogP contribution in [-0.4, -0.2) is 59.0 Å². The van der Waals surface area contributed by atoms with Crippen molar-refractivity contribution < 1.29 is 9.53 Å². The minimum atomic E-state index is -0.214. The van der Waals surface area contributed by atoms with Crippen LogP contribution in [0.25, 0.3) is 10.9 Å². The number of carbonyl (C=O) groups is 1. The van der Waals surface area contributed by atoms with E-state index in [1.54, 1.807) is 31.4 Å². The third-order valence-corrected chi connectivity index (χ3v) is 5.61. The highest BCUT2D eigenvalue weighted by atomic mass is 16.5. The van der Waals surface area contributed by atoms with Crippen LogP contribution in [0.15, 0.2) is 47.4 Å². The van der Waals surface area contributed by atoms with Crippen molar-refractivity contribution in [2.24, 2.45) is 0 Å². The van der Waals surface area contributed by atoms with Gasteiger partial charge in [-0.3, -0.25) is 9.59 Å². The predicted molar refractivity (Wildman–Crippen MR) is 119 cm³/mol. The molecule has 1 aliphatic rings. The van der Waals surface area contributed by atoms with E-state index in [1.165, 1.54) is 0 Å². The minimum absolute atomic E-state index is 0.0674. The molecular formula is C23H27N5O3. The second-order valence-electron chi connectivity index (χ2n) is 7.77. The molecule has 0 aliphatic carbocycles. The third kappa shape index (κ3) is 5.08. The van der Waals surface area contributed by atoms with Gasteiger partial charge in [0.25, 0.3) is 11.5 Å². The monoisotopic (exact) mass is 421 g/mol. The van der Waals surface area contributed by atoms with Crippen molar-refractivity contribution >= 4 is 16.8 Å². The van der Waals surface area contributed by atoms with Gasteiger partial charge in [0.15, 0.2) is 0 Å². The van der Waals surface area contributed by atoms with Crippen LogP contribution in [0.5, 0.6) is 5.75 Å². The molecule has 1 amide bonds. The van der Waals surface area contributed by atoms with Crippen LogP contribution in [0.2, 0.25) is 0 Å². The maximum Gasteiger partial charge on any atom is 0.269 e. The number of pyridine rings is 1. The van der Waals surface area contributed by atoms with E-state index in [1.807, 2.05) is 18.2 Å². The van der Waals surface area contributed by atoms with Gasteiger partial charge in [-0.25, -0.2) is 9.97 Å². The maximum absolute atomic E-state index is 12.4. The number of benzene rings is 1. The first-order valence-corrected chi connectivity index (χ1v) is 10.7. The second kappa shape index (κ2) is 9.70. The number of nitrogens with zero attached hydrogens (tertiary/aromatic N) is 3. The zero-order chi connectivity index (χ0) is 21.6. The lowest BCUT2D eigenvalue weighted by Crippen LogP contribution is -2.36. The number of para-hydroxylation sites is 1. The Kier molecular flexibility index (Phi) is 6.57. The summed E-state index contributed by atoms with van der Waals surface area (Å²) in [6, 6.07) is 10.9. The highest BCUT2D eigenvalue weighted by molar-refractivity contribution is 5.91. The molecule has 3 aromatic rings. The van der Waals surface area contributed by atoms with E-state index in [4.69, 9.17) is 9.72 Å². The van der Waals surface area contributed by atoms with Crippen molar-refractivity contribution in [3.8, 4) is 5.75 Å². The summed E-state index contributed by atoms with van der Waals surface area (Å²) in [7, 11) is 1.58. The summed E-state index contributed by atoms with van der Waals surface area (Å²) in [4.78, 5) is 38.1. The molecule has 1 aromatic carbocycles. The number of hydrogen-bond donors (Lipinski definition) is 2. The quantitative estimate of drug-likeness (QED) is 0.568. The summed E-state index contributed by atoms with van der Waals surface area (Å²) < 4.78 is 5.76. The van der Waals surface area contributed by atoms with E-state index >= 15 is 0 Å². The van der Waals surface area contributed by atoms with E-state index in [2.05, 4.69) is 20.2 Å². The molecule has 0 radical (unpaired) electrons. The van der Waals surface area contributed by atoms with Crippen molar-refractivity contribution in [3.63, 3.8) is 0 Å². The van der Waals surface area contributed by atoms with Gasteiger partial charge in [-0.2, -0.15) is 0 Å². The number of amides is 1. The first-order valence-electron chi connectivity index (χ1n) is 10.7. The smallest absolute Gasteiger partial charge is 0.269 e. The Morgan fingerprint density at radius 2 is 2.16 bits per heavy atom. The molecule has 8 nitrogen and oxygen atoms in total. The Morgan fingerprint density at radius 3 is 2.97 bits per heavy atom. The molecule has 1 saturated heterocycles. The van der Waals surface area contributed by atoms with Crippen LogP contribution in [0, 0.1) is 0 Å². The zero-order valence-corrected chi connectivity index (χ0v) is 17.6. The molecule has 0 saturated carbocycles. The fourth-order valence-electron chi connectivity index (χ4n) is 3.99. The molecule has 0 spiro atoms. The Hall–Kier alpha value is -3.26. The number of carbonyl (C=O) groups excluding carboxylic acids is 1. The number of nitrogens with one attached hydrogen (secondary N) is 2. The van der Waals surface area contributed by atoms with Crippen molar-refractivity contribution in [2.45, 2.75) is 25.2 Å². The van der Waals surface area contributed by atoms with E-state index in [9.17, 15) is 9.59 Å². The van der Waals surface area contributed by atoms with Crippen LogP contribution >= 0.6 is 0 Å². The normalized spacial score (nSPS) is 16.9. The molecule has 31 heavy (non-hydrogen) atoms. The number of aromatic amines is 1. The number of likely N-dealkylation sites (tertiary alicyclic amines) is 1. The van der Waals surface area contributed by atoms with E-state index in [0.717, 1.165) is 50.2 Å². The van der Waals surface area contributed by atoms with Gasteiger partial charge >= 0.3 is 0 Å². The molecule has 1 fully saturated rings. The van der Waals surface area contributed by atoms with Crippen LogP contribution in [0.1, 0.15) is 41.5 Å². The number of ether oxygens (including phenoxy) is 1. The predicted octanol–water partition coefficient (Wildman–Crippen LogP) is 2.33. The topological polar surface area (TPSA) is 100 Å². The molecule has 3 heterocycles. The fraction of sp³-hybridized carbons (Fsp3) is 0.391. The van der Waals surface area contributed by atoms with Crippen molar-refractivity contribution in [1.29, 1.82) is 0 Å². The second-order valence-corrected chi connectivity index (χ2v) is 7.77. The first-order chi connectivity index (χ1) is 15.1. The number of fused-ring (bicyclic) bond motifs is 1.